The number of fused-ring (bicyclic) bond motifs is 5. The number of benzene rings is 1. The third kappa shape index (κ3) is 9.88. The number of esters is 1. The van der Waals surface area contributed by atoms with Crippen molar-refractivity contribution in [2.24, 2.45) is 5.92 Å². The van der Waals surface area contributed by atoms with Gasteiger partial charge in [0.15, 0.2) is 5.72 Å². The molecule has 2 N–H and O–H groups in total. The van der Waals surface area contributed by atoms with Crippen LogP contribution in [0.2, 0.25) is 5.02 Å². The lowest BCUT2D eigenvalue weighted by atomic mass is 9.83. The molecular weight excluding hydrogens is 726 g/mol. The predicted molar refractivity (Wildman–Crippen MR) is 203 cm³/mol. The van der Waals surface area contributed by atoms with E-state index in [1.807, 2.05) is 26.8 Å². The van der Waals surface area contributed by atoms with Gasteiger partial charge in [-0.2, -0.15) is 12.6 Å². The molecule has 2 saturated heterocycles. The number of halogens is 1. The van der Waals surface area contributed by atoms with Crippen LogP contribution in [-0.2, 0) is 39.8 Å². The highest BCUT2D eigenvalue weighted by molar-refractivity contribution is 7.81. The fourth-order valence-electron chi connectivity index (χ4n) is 6.81. The standard InChI is InChI=1S/C38H54ClN3O10S/c1-21-12-11-13-28(49-10)38(47)20-27(50-35(46)40-38)22(2)33-37(6,52-33)29(51-34(45)23(3)41(7)30(43)14-15-36(4,5)53)19-31(44)42(8)25-17-24(16-21)18-26(48-9)32(25)39/h11-13,17-18,22-23,27-29,33,47,53H,14-16,19-20H2,1-10H3,(H,40,46)/b13-11+,21-12+/t22?,23-,27-,28?,29-,33-,37-,38-/m0/s1. The summed E-state index contributed by atoms with van der Waals surface area (Å²) in [6, 6.07) is 2.60. The van der Waals surface area contributed by atoms with Gasteiger partial charge in [-0.1, -0.05) is 56.2 Å². The highest BCUT2D eigenvalue weighted by Gasteiger charge is 2.64. The number of ether oxygens (including phenoxy) is 5. The van der Waals surface area contributed by atoms with Crippen molar-refractivity contribution in [2.45, 2.75) is 120 Å². The number of aliphatic hydroxyl groups is 1. The van der Waals surface area contributed by atoms with Crippen LogP contribution in [0.3, 0.4) is 0 Å². The Kier molecular flexibility index (Phi) is 13.3. The number of thiol groups is 1. The topological polar surface area (TPSA) is 156 Å². The number of nitrogens with one attached hydrogen (secondary N) is 1. The van der Waals surface area contributed by atoms with Crippen LogP contribution in [0.4, 0.5) is 10.5 Å². The average molecular weight is 780 g/mol. The number of anilines is 1. The molecule has 15 heteroatoms. The highest BCUT2D eigenvalue weighted by atomic mass is 35.5. The largest absolute Gasteiger partial charge is 0.495 e. The molecule has 0 radical (unpaired) electrons. The molecule has 13 nitrogen and oxygen atoms in total. The van der Waals surface area contributed by atoms with Crippen molar-refractivity contribution >= 4 is 53.8 Å². The number of epoxide rings is 1. The van der Waals surface area contributed by atoms with Crippen LogP contribution >= 0.6 is 24.2 Å². The number of alkyl carbamates (subject to hydrolysis) is 1. The molecule has 2 fully saturated rings. The number of hydrogen-bond acceptors (Lipinski definition) is 11. The van der Waals surface area contributed by atoms with Crippen molar-refractivity contribution in [3.8, 4) is 5.75 Å². The molecule has 1 aromatic carbocycles. The Labute approximate surface area is 322 Å². The van der Waals surface area contributed by atoms with Gasteiger partial charge in [-0.3, -0.25) is 14.9 Å². The quantitative estimate of drug-likeness (QED) is 0.187. The zero-order valence-corrected chi connectivity index (χ0v) is 33.9. The molecule has 4 bridgehead atoms. The molecule has 53 heavy (non-hydrogen) atoms. The van der Waals surface area contributed by atoms with Crippen LogP contribution in [0, 0.1) is 5.92 Å². The van der Waals surface area contributed by atoms with Crippen LogP contribution in [0.1, 0.15) is 72.8 Å². The lowest BCUT2D eigenvalue weighted by Gasteiger charge is -2.42. The molecule has 0 aromatic heterocycles. The molecule has 3 heterocycles. The number of methoxy groups -OCH3 is 2. The molecule has 3 aliphatic heterocycles. The van der Waals surface area contributed by atoms with E-state index in [0.717, 1.165) is 11.1 Å². The minimum absolute atomic E-state index is 0.0509. The zero-order chi connectivity index (χ0) is 39.6. The summed E-state index contributed by atoms with van der Waals surface area (Å²) in [5, 5.41) is 14.5. The van der Waals surface area contributed by atoms with Gasteiger partial charge >= 0.3 is 12.1 Å². The molecule has 0 spiro atoms. The molecule has 1 aromatic rings. The summed E-state index contributed by atoms with van der Waals surface area (Å²) in [4.78, 5) is 56.5. The lowest BCUT2D eigenvalue weighted by Crippen LogP contribution is -2.63. The van der Waals surface area contributed by atoms with Crippen LogP contribution in [0.5, 0.6) is 5.75 Å². The first-order valence-corrected chi connectivity index (χ1v) is 18.5. The normalized spacial score (nSPS) is 31.5. The third-order valence-corrected chi connectivity index (χ3v) is 11.1. The second kappa shape index (κ2) is 16.6. The number of allylic oxidation sites excluding steroid dienone is 3. The van der Waals surface area contributed by atoms with Gasteiger partial charge in [-0.15, -0.1) is 0 Å². The maximum absolute atomic E-state index is 14.1. The average Bonchev–Trinajstić information content (AvgIpc) is 3.78. The number of carbonyl (C=O) groups excluding carboxylic acids is 4. The Morgan fingerprint density at radius 3 is 2.57 bits per heavy atom. The highest BCUT2D eigenvalue weighted by Crippen LogP contribution is 2.49. The summed E-state index contributed by atoms with van der Waals surface area (Å²) in [5.41, 5.74) is -0.916. The van der Waals surface area contributed by atoms with Gasteiger partial charge in [-0.25, -0.2) is 9.59 Å². The minimum atomic E-state index is -1.83. The number of likely N-dealkylation sites (N-methyl/N-ethyl adjacent to an activating group) is 1. The summed E-state index contributed by atoms with van der Waals surface area (Å²) < 4.78 is 28.8. The maximum Gasteiger partial charge on any atom is 0.409 e. The summed E-state index contributed by atoms with van der Waals surface area (Å²) in [6.07, 6.45) is 1.61. The van der Waals surface area contributed by atoms with Crippen LogP contribution < -0.4 is 15.0 Å². The number of amides is 3. The lowest BCUT2D eigenvalue weighted by molar-refractivity contribution is -0.162. The van der Waals surface area contributed by atoms with Crippen LogP contribution in [0.25, 0.3) is 0 Å². The molecule has 8 atom stereocenters. The van der Waals surface area contributed by atoms with E-state index in [2.05, 4.69) is 17.9 Å². The molecule has 0 saturated carbocycles. The van der Waals surface area contributed by atoms with E-state index in [1.165, 1.54) is 31.1 Å². The maximum atomic E-state index is 14.1. The molecular formula is C38H54ClN3O10S. The first-order chi connectivity index (χ1) is 24.6. The number of carbonyl (C=O) groups is 4. The molecule has 0 aliphatic carbocycles. The van der Waals surface area contributed by atoms with Gasteiger partial charge in [-0.05, 0) is 51.3 Å². The molecule has 294 valence electrons. The molecule has 4 rings (SSSR count). The van der Waals surface area contributed by atoms with Gasteiger partial charge in [0.1, 0.15) is 40.7 Å². The Morgan fingerprint density at radius 1 is 1.26 bits per heavy atom. The summed E-state index contributed by atoms with van der Waals surface area (Å²) in [7, 11) is 6.02. The van der Waals surface area contributed by atoms with Gasteiger partial charge < -0.3 is 38.6 Å². The van der Waals surface area contributed by atoms with Crippen molar-refractivity contribution < 1.29 is 48.0 Å². The zero-order valence-electron chi connectivity index (χ0n) is 32.2. The van der Waals surface area contributed by atoms with Crippen molar-refractivity contribution in [3.05, 3.63) is 46.5 Å². The van der Waals surface area contributed by atoms with Crippen molar-refractivity contribution in [1.29, 1.82) is 0 Å². The summed E-state index contributed by atoms with van der Waals surface area (Å²) >= 11 is 11.3. The van der Waals surface area contributed by atoms with Gasteiger partial charge in [0.25, 0.3) is 0 Å². The fourth-order valence-corrected chi connectivity index (χ4v) is 7.23. The smallest absolute Gasteiger partial charge is 0.409 e. The first-order valence-electron chi connectivity index (χ1n) is 17.7. The Bertz CT molecular complexity index is 1630. The third-order valence-electron chi connectivity index (χ3n) is 10.5. The van der Waals surface area contributed by atoms with E-state index >= 15 is 0 Å². The Morgan fingerprint density at radius 2 is 1.94 bits per heavy atom. The van der Waals surface area contributed by atoms with Crippen molar-refractivity contribution in [3.63, 3.8) is 0 Å². The van der Waals surface area contributed by atoms with E-state index in [4.69, 9.17) is 35.3 Å². The Balaban J connectivity index is 1.74. The number of rotatable bonds is 8. The van der Waals surface area contributed by atoms with E-state index in [9.17, 15) is 24.3 Å². The summed E-state index contributed by atoms with van der Waals surface area (Å²) in [5.74, 6) is -1.58. The van der Waals surface area contributed by atoms with E-state index in [0.29, 0.717) is 24.3 Å². The number of hydrogen-bond donors (Lipinski definition) is 3. The summed E-state index contributed by atoms with van der Waals surface area (Å²) in [6.45, 7) is 10.8. The molecule has 3 amide bonds. The Hall–Kier alpha value is -3.30. The molecule has 2 unspecified atom stereocenters. The SMILES string of the molecule is COc1cc2cc(c1Cl)N(C)C(=O)C[C@H](OC(=O)[C@H](C)N(C)C(=O)CCC(C)(C)S)[C@]1(C)O[C@H]1C(C)[C@@H]1C[C@@](O)(NC(=O)O1)C(OC)/C=C/C=C(\C)C2. The minimum Gasteiger partial charge on any atom is -0.495 e. The van der Waals surface area contributed by atoms with Gasteiger partial charge in [0.2, 0.25) is 11.8 Å². The van der Waals surface area contributed by atoms with Crippen LogP contribution in [0.15, 0.2) is 35.9 Å². The van der Waals surface area contributed by atoms with Crippen molar-refractivity contribution in [1.82, 2.24) is 10.2 Å². The second-order valence-electron chi connectivity index (χ2n) is 15.2. The predicted octanol–water partition coefficient (Wildman–Crippen LogP) is 5.00. The second-order valence-corrected chi connectivity index (χ2v) is 16.8. The monoisotopic (exact) mass is 779 g/mol. The van der Waals surface area contributed by atoms with Gasteiger partial charge in [0.05, 0.1) is 25.3 Å². The molecule has 3 aliphatic rings. The van der Waals surface area contributed by atoms with Crippen LogP contribution in [-0.4, -0.2) is 109 Å². The van der Waals surface area contributed by atoms with E-state index < -0.39 is 65.7 Å². The van der Waals surface area contributed by atoms with E-state index in [1.54, 1.807) is 52.1 Å². The van der Waals surface area contributed by atoms with E-state index in [-0.39, 0.29) is 34.9 Å². The number of nitrogens with zero attached hydrogens (tertiary/aromatic N) is 2. The fraction of sp³-hybridized carbons (Fsp3) is 0.632. The van der Waals surface area contributed by atoms with Gasteiger partial charge in [0, 0.05) is 44.7 Å². The first kappa shape index (κ1) is 42.4. The van der Waals surface area contributed by atoms with Crippen molar-refractivity contribution in [2.75, 3.05) is 33.2 Å².